The minimum Gasteiger partial charge on any atom is -0.507 e. The molecule has 6 rings (SSSR count). The molecule has 1 saturated carbocycles. The van der Waals surface area contributed by atoms with Gasteiger partial charge in [-0.05, 0) is 70.8 Å². The van der Waals surface area contributed by atoms with E-state index in [1.54, 1.807) is 31.3 Å². The van der Waals surface area contributed by atoms with Crippen molar-refractivity contribution in [3.63, 3.8) is 0 Å². The molecule has 0 aliphatic heterocycles. The lowest BCUT2D eigenvalue weighted by molar-refractivity contribution is -0.137. The molecule has 7 heteroatoms. The molecule has 0 bridgehead atoms. The summed E-state index contributed by atoms with van der Waals surface area (Å²) in [5, 5.41) is 12.3. The number of phenolic OH excluding ortho intramolecular Hbond substituents is 1. The van der Waals surface area contributed by atoms with E-state index in [9.17, 15) is 23.1 Å². The molecule has 176 valence electrons. The van der Waals surface area contributed by atoms with E-state index in [-0.39, 0.29) is 5.75 Å². The van der Waals surface area contributed by atoms with Crippen molar-refractivity contribution in [2.75, 3.05) is 0 Å². The van der Waals surface area contributed by atoms with E-state index in [1.165, 1.54) is 10.6 Å². The van der Waals surface area contributed by atoms with Crippen molar-refractivity contribution < 1.29 is 22.7 Å². The van der Waals surface area contributed by atoms with Gasteiger partial charge >= 0.3 is 11.9 Å². The number of aromatic hydroxyl groups is 1. The van der Waals surface area contributed by atoms with Gasteiger partial charge in [-0.25, -0.2) is 4.79 Å². The van der Waals surface area contributed by atoms with E-state index < -0.39 is 22.9 Å². The summed E-state index contributed by atoms with van der Waals surface area (Å²) in [5.41, 5.74) is 2.90. The Morgan fingerprint density at radius 2 is 1.65 bits per heavy atom. The van der Waals surface area contributed by atoms with Crippen LogP contribution in [0.5, 0.6) is 5.75 Å². The Hall–Kier alpha value is -3.22. The van der Waals surface area contributed by atoms with Crippen LogP contribution in [0.3, 0.4) is 0 Å². The van der Waals surface area contributed by atoms with Gasteiger partial charge in [-0.3, -0.25) is 4.57 Å². The topological polar surface area (TPSA) is 55.4 Å². The number of fused-ring (bicyclic) bond motifs is 8. The zero-order valence-electron chi connectivity index (χ0n) is 18.8. The fourth-order valence-corrected chi connectivity index (χ4v) is 6.22. The number of halogens is 3. The molecule has 1 spiro atoms. The van der Waals surface area contributed by atoms with Gasteiger partial charge in [-0.1, -0.05) is 38.2 Å². The van der Waals surface area contributed by atoms with Crippen molar-refractivity contribution in [3.8, 4) is 16.9 Å². The minimum absolute atomic E-state index is 0.0644. The number of alkyl halides is 3. The lowest BCUT2D eigenvalue weighted by Crippen LogP contribution is -2.27. The third-order valence-corrected chi connectivity index (χ3v) is 7.88. The van der Waals surface area contributed by atoms with Crippen LogP contribution in [-0.2, 0) is 18.6 Å². The van der Waals surface area contributed by atoms with Crippen molar-refractivity contribution in [1.82, 2.24) is 4.57 Å². The summed E-state index contributed by atoms with van der Waals surface area (Å²) in [6.07, 6.45) is 2.09. The summed E-state index contributed by atoms with van der Waals surface area (Å²) in [4.78, 5) is 12.1. The number of oxazole rings is 1. The molecule has 0 unspecified atom stereocenters. The summed E-state index contributed by atoms with van der Waals surface area (Å²) in [6, 6.07) is 9.25. The number of benzene rings is 3. The molecule has 0 atom stereocenters. The smallest absolute Gasteiger partial charge is 0.419 e. The van der Waals surface area contributed by atoms with E-state index in [4.69, 9.17) is 4.42 Å². The van der Waals surface area contributed by atoms with Crippen LogP contribution in [0.1, 0.15) is 61.6 Å². The van der Waals surface area contributed by atoms with Gasteiger partial charge in [0.15, 0.2) is 5.58 Å². The third kappa shape index (κ3) is 2.88. The fraction of sp³-hybridized carbons (Fsp3) is 0.370. The van der Waals surface area contributed by atoms with Crippen molar-refractivity contribution >= 4 is 21.9 Å². The van der Waals surface area contributed by atoms with Gasteiger partial charge in [0.05, 0.1) is 11.1 Å². The predicted octanol–water partition coefficient (Wildman–Crippen LogP) is 7.02. The van der Waals surface area contributed by atoms with Gasteiger partial charge in [0, 0.05) is 17.8 Å². The zero-order valence-corrected chi connectivity index (χ0v) is 18.8. The number of nitrogens with zero attached hydrogens (tertiary/aromatic N) is 1. The standard InChI is InChI=1S/C27H24F3NO3/c1-31-21-12-17-18(13-23(21)34-25(31)33)24-16-8-7-15(27(28,29)30)11-19(16)26(20(24)14-22(17)32)9-5-3-2-4-6-10-26/h7-8,11-14,32H,2-6,9-10H2,1H3. The first-order valence-corrected chi connectivity index (χ1v) is 11.7. The highest BCUT2D eigenvalue weighted by Crippen LogP contribution is 2.58. The van der Waals surface area contributed by atoms with E-state index in [0.29, 0.717) is 27.4 Å². The summed E-state index contributed by atoms with van der Waals surface area (Å²) in [5.74, 6) is -0.442. The van der Waals surface area contributed by atoms with Crippen molar-refractivity contribution in [2.24, 2.45) is 7.05 Å². The Bertz CT molecular complexity index is 1520. The number of phenols is 1. The molecule has 1 N–H and O–H groups in total. The van der Waals surface area contributed by atoms with Crippen molar-refractivity contribution in [2.45, 2.75) is 56.5 Å². The third-order valence-electron chi connectivity index (χ3n) is 7.88. The Morgan fingerprint density at radius 3 is 2.35 bits per heavy atom. The fourth-order valence-electron chi connectivity index (χ4n) is 6.22. The first-order chi connectivity index (χ1) is 16.2. The molecule has 0 radical (unpaired) electrons. The molecule has 2 aliphatic rings. The van der Waals surface area contributed by atoms with E-state index in [1.807, 2.05) is 0 Å². The zero-order chi connectivity index (χ0) is 23.8. The van der Waals surface area contributed by atoms with Gasteiger partial charge < -0.3 is 9.52 Å². The average Bonchev–Trinajstić information content (AvgIpc) is 3.20. The molecule has 1 fully saturated rings. The molecule has 0 saturated heterocycles. The quantitative estimate of drug-likeness (QED) is 0.302. The first kappa shape index (κ1) is 21.3. The molecule has 4 nitrogen and oxygen atoms in total. The molecule has 1 aromatic heterocycles. The van der Waals surface area contributed by atoms with Crippen LogP contribution in [0.25, 0.3) is 33.0 Å². The molecule has 2 aliphatic carbocycles. The Kier molecular flexibility index (Phi) is 4.48. The van der Waals surface area contributed by atoms with Crippen LogP contribution >= 0.6 is 0 Å². The normalized spacial score (nSPS) is 17.6. The highest BCUT2D eigenvalue weighted by molar-refractivity contribution is 6.09. The molecule has 0 amide bonds. The number of aryl methyl sites for hydroxylation is 1. The van der Waals surface area contributed by atoms with Gasteiger partial charge in [0.25, 0.3) is 0 Å². The summed E-state index contributed by atoms with van der Waals surface area (Å²) in [6.45, 7) is 0. The first-order valence-electron chi connectivity index (χ1n) is 11.7. The van der Waals surface area contributed by atoms with Crippen LogP contribution in [0.2, 0.25) is 0 Å². The maximum Gasteiger partial charge on any atom is 0.419 e. The second-order valence-electron chi connectivity index (χ2n) is 9.72. The van der Waals surface area contributed by atoms with Crippen molar-refractivity contribution in [3.05, 3.63) is 63.6 Å². The summed E-state index contributed by atoms with van der Waals surface area (Å²) < 4.78 is 48.0. The number of aromatic nitrogens is 1. The van der Waals surface area contributed by atoms with Crippen LogP contribution in [0, 0.1) is 0 Å². The largest absolute Gasteiger partial charge is 0.507 e. The van der Waals surface area contributed by atoms with E-state index >= 15 is 0 Å². The average molecular weight is 467 g/mol. The van der Waals surface area contributed by atoms with Gasteiger partial charge in [-0.2, -0.15) is 13.2 Å². The van der Waals surface area contributed by atoms with Crippen LogP contribution < -0.4 is 5.76 Å². The number of hydrogen-bond acceptors (Lipinski definition) is 3. The van der Waals surface area contributed by atoms with E-state index in [2.05, 4.69) is 0 Å². The number of rotatable bonds is 0. The highest BCUT2D eigenvalue weighted by atomic mass is 19.4. The number of hydrogen-bond donors (Lipinski definition) is 1. The van der Waals surface area contributed by atoms with E-state index in [0.717, 1.165) is 67.7 Å². The maximum atomic E-state index is 13.7. The van der Waals surface area contributed by atoms with Gasteiger partial charge in [0.1, 0.15) is 5.75 Å². The molecule has 3 aromatic carbocycles. The van der Waals surface area contributed by atoms with Gasteiger partial charge in [0.2, 0.25) is 0 Å². The van der Waals surface area contributed by atoms with Crippen LogP contribution in [-0.4, -0.2) is 9.67 Å². The lowest BCUT2D eigenvalue weighted by atomic mass is 9.69. The molecule has 1 heterocycles. The Labute approximate surface area is 193 Å². The van der Waals surface area contributed by atoms with Crippen LogP contribution in [0.15, 0.2) is 45.6 Å². The van der Waals surface area contributed by atoms with Crippen LogP contribution in [0.4, 0.5) is 13.2 Å². The second kappa shape index (κ2) is 7.14. The maximum absolute atomic E-state index is 13.7. The summed E-state index contributed by atoms with van der Waals surface area (Å²) >= 11 is 0. The van der Waals surface area contributed by atoms with Crippen molar-refractivity contribution in [1.29, 1.82) is 0 Å². The molecular weight excluding hydrogens is 443 g/mol. The predicted molar refractivity (Wildman–Crippen MR) is 124 cm³/mol. The minimum atomic E-state index is -4.43. The SMILES string of the molecule is Cn1c(=O)oc2cc3c4c(cc(O)c3cc21)C1(CCCCCCC1)c1cc(C(F)(F)F)ccc1-4. The Balaban J connectivity index is 1.72. The monoisotopic (exact) mass is 467 g/mol. The van der Waals surface area contributed by atoms with Gasteiger partial charge in [-0.15, -0.1) is 0 Å². The molecule has 4 aromatic rings. The highest BCUT2D eigenvalue weighted by Gasteiger charge is 2.45. The lowest BCUT2D eigenvalue weighted by Gasteiger charge is -2.34. The molecule has 34 heavy (non-hydrogen) atoms. The molecular formula is C27H24F3NO3. The second-order valence-corrected chi connectivity index (χ2v) is 9.72. The Morgan fingerprint density at radius 1 is 0.941 bits per heavy atom. The summed E-state index contributed by atoms with van der Waals surface area (Å²) in [7, 11) is 1.60.